The van der Waals surface area contributed by atoms with Gasteiger partial charge >= 0.3 is 5.97 Å². The van der Waals surface area contributed by atoms with Crippen LogP contribution in [0, 0.1) is 5.92 Å². The highest BCUT2D eigenvalue weighted by Gasteiger charge is 2.28. The molecule has 2 aromatic rings. The summed E-state index contributed by atoms with van der Waals surface area (Å²) in [5, 5.41) is 0. The van der Waals surface area contributed by atoms with E-state index in [0.717, 1.165) is 36.4 Å². The van der Waals surface area contributed by atoms with Crippen LogP contribution in [0.4, 0.5) is 0 Å². The summed E-state index contributed by atoms with van der Waals surface area (Å²) in [5.41, 5.74) is 3.33. The second kappa shape index (κ2) is 13.7. The smallest absolute Gasteiger partial charge is 0.313 e. The minimum atomic E-state index is -0.314. The molecule has 34 heavy (non-hydrogen) atoms. The van der Waals surface area contributed by atoms with E-state index >= 15 is 0 Å². The molecule has 5 nitrogen and oxygen atoms in total. The third kappa shape index (κ3) is 8.00. The van der Waals surface area contributed by atoms with Crippen molar-refractivity contribution in [1.29, 1.82) is 0 Å². The second-order valence-electron chi connectivity index (χ2n) is 9.56. The number of para-hydroxylation sites is 1. The van der Waals surface area contributed by atoms with Gasteiger partial charge in [0.1, 0.15) is 12.4 Å². The van der Waals surface area contributed by atoms with Crippen LogP contribution in [0.3, 0.4) is 0 Å². The summed E-state index contributed by atoms with van der Waals surface area (Å²) in [7, 11) is 0. The SMILES string of the molecule is CC(C)Cc1ccc(C(C)C(=O)OCC(c2ccccc2OC(C)C)N2CCOCC2)cc1.Cl. The van der Waals surface area contributed by atoms with Gasteiger partial charge in [0.15, 0.2) is 0 Å². The summed E-state index contributed by atoms with van der Waals surface area (Å²) >= 11 is 0. The van der Waals surface area contributed by atoms with Crippen LogP contribution in [0.25, 0.3) is 0 Å². The Morgan fingerprint density at radius 2 is 1.62 bits per heavy atom. The van der Waals surface area contributed by atoms with E-state index in [4.69, 9.17) is 14.2 Å². The highest BCUT2D eigenvalue weighted by Crippen LogP contribution is 2.31. The first-order valence-electron chi connectivity index (χ1n) is 12.2. The Labute approximate surface area is 211 Å². The molecule has 1 fully saturated rings. The molecule has 6 heteroatoms. The van der Waals surface area contributed by atoms with Crippen LogP contribution in [-0.2, 0) is 20.7 Å². The summed E-state index contributed by atoms with van der Waals surface area (Å²) in [6, 6.07) is 16.3. The third-order valence-electron chi connectivity index (χ3n) is 5.99. The van der Waals surface area contributed by atoms with E-state index in [1.807, 2.05) is 39.0 Å². The van der Waals surface area contributed by atoms with Crippen molar-refractivity contribution in [3.63, 3.8) is 0 Å². The highest BCUT2D eigenvalue weighted by atomic mass is 35.5. The van der Waals surface area contributed by atoms with Crippen molar-refractivity contribution in [3.8, 4) is 5.75 Å². The summed E-state index contributed by atoms with van der Waals surface area (Å²) in [4.78, 5) is 15.3. The Balaban J connectivity index is 0.00000408. The minimum absolute atomic E-state index is 0. The molecule has 1 saturated heterocycles. The van der Waals surface area contributed by atoms with Crippen LogP contribution in [-0.4, -0.2) is 49.9 Å². The number of esters is 1. The zero-order valence-corrected chi connectivity index (χ0v) is 22.0. The number of halogens is 1. The predicted octanol–water partition coefficient (Wildman–Crippen LogP) is 5.81. The van der Waals surface area contributed by atoms with Crippen LogP contribution in [0.15, 0.2) is 48.5 Å². The standard InChI is InChI=1S/C28H39NO4.ClH/c1-20(2)18-23-10-12-24(13-11-23)22(5)28(30)32-19-26(29-14-16-31-17-15-29)25-8-6-7-9-27(25)33-21(3)4;/h6-13,20-22,26H,14-19H2,1-5H3;1H. The number of hydrogen-bond acceptors (Lipinski definition) is 5. The first-order valence-corrected chi connectivity index (χ1v) is 12.2. The number of ether oxygens (including phenoxy) is 3. The van der Waals surface area contributed by atoms with E-state index in [2.05, 4.69) is 49.1 Å². The van der Waals surface area contributed by atoms with Crippen molar-refractivity contribution >= 4 is 18.4 Å². The fourth-order valence-corrected chi connectivity index (χ4v) is 4.23. The van der Waals surface area contributed by atoms with Gasteiger partial charge < -0.3 is 14.2 Å². The molecule has 2 unspecified atom stereocenters. The van der Waals surface area contributed by atoms with Gasteiger partial charge in [-0.05, 0) is 50.3 Å². The summed E-state index contributed by atoms with van der Waals surface area (Å²) in [5.74, 6) is 0.935. The number of morpholine rings is 1. The maximum Gasteiger partial charge on any atom is 0.313 e. The van der Waals surface area contributed by atoms with Crippen molar-refractivity contribution in [2.45, 2.75) is 59.1 Å². The van der Waals surface area contributed by atoms with Gasteiger partial charge in [0.05, 0.1) is 31.3 Å². The van der Waals surface area contributed by atoms with Gasteiger partial charge in [0, 0.05) is 18.7 Å². The monoisotopic (exact) mass is 489 g/mol. The van der Waals surface area contributed by atoms with Crippen LogP contribution in [0.5, 0.6) is 5.75 Å². The van der Waals surface area contributed by atoms with Crippen LogP contribution < -0.4 is 4.74 Å². The van der Waals surface area contributed by atoms with Crippen molar-refractivity contribution in [1.82, 2.24) is 4.90 Å². The van der Waals surface area contributed by atoms with Gasteiger partial charge in [-0.1, -0.05) is 56.3 Å². The average molecular weight is 490 g/mol. The van der Waals surface area contributed by atoms with Crippen LogP contribution >= 0.6 is 12.4 Å². The third-order valence-corrected chi connectivity index (χ3v) is 5.99. The summed E-state index contributed by atoms with van der Waals surface area (Å²) in [6.07, 6.45) is 1.11. The minimum Gasteiger partial charge on any atom is -0.491 e. The lowest BCUT2D eigenvalue weighted by molar-refractivity contribution is -0.147. The zero-order valence-electron chi connectivity index (χ0n) is 21.2. The molecule has 2 aromatic carbocycles. The molecule has 3 rings (SSSR count). The highest BCUT2D eigenvalue weighted by molar-refractivity contribution is 5.85. The Morgan fingerprint density at radius 1 is 0.971 bits per heavy atom. The first-order chi connectivity index (χ1) is 15.8. The number of rotatable bonds is 10. The fraction of sp³-hybridized carbons (Fsp3) is 0.536. The molecule has 0 spiro atoms. The van der Waals surface area contributed by atoms with Crippen molar-refractivity contribution in [2.75, 3.05) is 32.9 Å². The quantitative estimate of drug-likeness (QED) is 0.394. The van der Waals surface area contributed by atoms with Crippen LogP contribution in [0.1, 0.15) is 63.3 Å². The first kappa shape index (κ1) is 28.2. The van der Waals surface area contributed by atoms with Crippen molar-refractivity contribution in [2.24, 2.45) is 5.92 Å². The number of benzene rings is 2. The molecule has 188 valence electrons. The van der Waals surface area contributed by atoms with E-state index in [1.165, 1.54) is 5.56 Å². The zero-order chi connectivity index (χ0) is 23.8. The van der Waals surface area contributed by atoms with Gasteiger partial charge in [0.25, 0.3) is 0 Å². The molecule has 0 aromatic heterocycles. The lowest BCUT2D eigenvalue weighted by atomic mass is 9.97. The van der Waals surface area contributed by atoms with Gasteiger partial charge in [-0.15, -0.1) is 12.4 Å². The molecular weight excluding hydrogens is 450 g/mol. The molecule has 0 bridgehead atoms. The molecule has 1 aliphatic heterocycles. The van der Waals surface area contributed by atoms with E-state index < -0.39 is 0 Å². The topological polar surface area (TPSA) is 48.0 Å². The lowest BCUT2D eigenvalue weighted by Crippen LogP contribution is -2.41. The van der Waals surface area contributed by atoms with E-state index in [9.17, 15) is 4.79 Å². The molecule has 0 aliphatic carbocycles. The van der Waals surface area contributed by atoms with Gasteiger partial charge in [-0.2, -0.15) is 0 Å². The Morgan fingerprint density at radius 3 is 2.24 bits per heavy atom. The average Bonchev–Trinajstić information content (AvgIpc) is 2.80. The molecule has 2 atom stereocenters. The molecule has 0 amide bonds. The normalized spacial score (nSPS) is 16.1. The van der Waals surface area contributed by atoms with Crippen molar-refractivity contribution < 1.29 is 19.0 Å². The Bertz CT molecular complexity index is 878. The number of carbonyl (C=O) groups excluding carboxylic acids is 1. The summed E-state index contributed by atoms with van der Waals surface area (Å²) in [6.45, 7) is 13.6. The number of hydrogen-bond donors (Lipinski definition) is 0. The lowest BCUT2D eigenvalue weighted by Gasteiger charge is -2.35. The molecular formula is C28H40ClNO4. The maximum absolute atomic E-state index is 13.0. The van der Waals surface area contributed by atoms with Crippen LogP contribution in [0.2, 0.25) is 0 Å². The Kier molecular flexibility index (Phi) is 11.4. The molecule has 1 aliphatic rings. The van der Waals surface area contributed by atoms with E-state index in [1.54, 1.807) is 0 Å². The van der Waals surface area contributed by atoms with E-state index in [0.29, 0.717) is 19.1 Å². The second-order valence-corrected chi connectivity index (χ2v) is 9.56. The summed E-state index contributed by atoms with van der Waals surface area (Å²) < 4.78 is 17.5. The molecule has 0 N–H and O–H groups in total. The predicted molar refractivity (Wildman–Crippen MR) is 139 cm³/mol. The van der Waals surface area contributed by atoms with Crippen molar-refractivity contribution in [3.05, 3.63) is 65.2 Å². The van der Waals surface area contributed by atoms with Gasteiger partial charge in [-0.3, -0.25) is 9.69 Å². The maximum atomic E-state index is 13.0. The largest absolute Gasteiger partial charge is 0.491 e. The number of carbonyl (C=O) groups is 1. The number of nitrogens with zero attached hydrogens (tertiary/aromatic N) is 1. The Hall–Kier alpha value is -2.08. The molecule has 1 heterocycles. The molecule has 0 saturated carbocycles. The van der Waals surface area contributed by atoms with Gasteiger partial charge in [-0.25, -0.2) is 0 Å². The fourth-order valence-electron chi connectivity index (χ4n) is 4.23. The van der Waals surface area contributed by atoms with Gasteiger partial charge in [0.2, 0.25) is 0 Å². The molecule has 0 radical (unpaired) electrons. The van der Waals surface area contributed by atoms with E-state index in [-0.39, 0.29) is 43.0 Å².